The zero-order valence-corrected chi connectivity index (χ0v) is 18.2. The van der Waals surface area contributed by atoms with Crippen LogP contribution >= 0.6 is 11.8 Å². The van der Waals surface area contributed by atoms with Crippen LogP contribution in [0, 0.1) is 6.92 Å². The summed E-state index contributed by atoms with van der Waals surface area (Å²) < 4.78 is 17.1. The highest BCUT2D eigenvalue weighted by atomic mass is 32.2. The van der Waals surface area contributed by atoms with Crippen molar-refractivity contribution in [2.75, 3.05) is 6.61 Å². The zero-order valence-electron chi connectivity index (χ0n) is 17.4. The summed E-state index contributed by atoms with van der Waals surface area (Å²) in [6.07, 6.45) is 1.08. The van der Waals surface area contributed by atoms with E-state index < -0.39 is 0 Å². The second-order valence-corrected chi connectivity index (χ2v) is 8.40. The molecule has 2 amide bonds. The SMILES string of the molecule is Cc1oc(COc2ccc(O)cc2)nc1CCOc1ccc(CC2SC(=O)NC2=O)cc1. The number of benzene rings is 2. The van der Waals surface area contributed by atoms with E-state index in [4.69, 9.17) is 13.9 Å². The quantitative estimate of drug-likeness (QED) is 0.503. The maximum absolute atomic E-state index is 11.7. The van der Waals surface area contributed by atoms with E-state index >= 15 is 0 Å². The van der Waals surface area contributed by atoms with E-state index in [1.54, 1.807) is 24.3 Å². The van der Waals surface area contributed by atoms with Crippen LogP contribution in [-0.2, 0) is 24.2 Å². The van der Waals surface area contributed by atoms with Crippen molar-refractivity contribution >= 4 is 22.9 Å². The maximum Gasteiger partial charge on any atom is 0.286 e. The molecule has 3 aromatic rings. The van der Waals surface area contributed by atoms with E-state index in [9.17, 15) is 14.7 Å². The second-order valence-electron chi connectivity index (χ2n) is 7.22. The fraction of sp³-hybridized carbons (Fsp3) is 0.261. The predicted octanol–water partition coefficient (Wildman–Crippen LogP) is 3.78. The van der Waals surface area contributed by atoms with Gasteiger partial charge in [0.25, 0.3) is 5.24 Å². The monoisotopic (exact) mass is 454 g/mol. The summed E-state index contributed by atoms with van der Waals surface area (Å²) in [4.78, 5) is 27.4. The molecular weight excluding hydrogens is 432 g/mol. The number of thioether (sulfide) groups is 1. The van der Waals surface area contributed by atoms with Gasteiger partial charge in [-0.3, -0.25) is 14.9 Å². The molecule has 1 aromatic heterocycles. The number of oxazole rings is 1. The first-order chi connectivity index (χ1) is 15.5. The summed E-state index contributed by atoms with van der Waals surface area (Å²) in [5, 5.41) is 10.9. The van der Waals surface area contributed by atoms with Crippen LogP contribution in [0.1, 0.15) is 22.9 Å². The molecule has 0 bridgehead atoms. The molecule has 2 N–H and O–H groups in total. The van der Waals surface area contributed by atoms with Gasteiger partial charge in [0.15, 0.2) is 6.61 Å². The number of carbonyl (C=O) groups is 2. The molecule has 1 fully saturated rings. The van der Waals surface area contributed by atoms with Gasteiger partial charge < -0.3 is 19.0 Å². The van der Waals surface area contributed by atoms with Crippen LogP contribution in [0.3, 0.4) is 0 Å². The van der Waals surface area contributed by atoms with Crippen LogP contribution in [0.25, 0.3) is 0 Å². The maximum atomic E-state index is 11.7. The number of nitrogens with one attached hydrogen (secondary N) is 1. The fourth-order valence-electron chi connectivity index (χ4n) is 3.20. The Labute approximate surface area is 188 Å². The molecule has 1 aliphatic heterocycles. The minimum atomic E-state index is -0.378. The van der Waals surface area contributed by atoms with E-state index in [0.29, 0.717) is 36.8 Å². The number of aromatic nitrogens is 1. The van der Waals surface area contributed by atoms with Gasteiger partial charge in [-0.2, -0.15) is 0 Å². The van der Waals surface area contributed by atoms with Crippen LogP contribution in [0.15, 0.2) is 52.9 Å². The molecule has 1 atom stereocenters. The largest absolute Gasteiger partial charge is 0.508 e. The molecule has 2 aromatic carbocycles. The van der Waals surface area contributed by atoms with Crippen molar-refractivity contribution in [2.45, 2.75) is 31.6 Å². The van der Waals surface area contributed by atoms with Crippen molar-refractivity contribution in [2.24, 2.45) is 0 Å². The molecule has 9 heteroatoms. The zero-order chi connectivity index (χ0) is 22.5. The molecule has 0 aliphatic carbocycles. The summed E-state index contributed by atoms with van der Waals surface area (Å²) >= 11 is 1.02. The highest BCUT2D eigenvalue weighted by molar-refractivity contribution is 8.15. The van der Waals surface area contributed by atoms with Crippen LogP contribution in [-0.4, -0.2) is 33.1 Å². The number of imide groups is 1. The van der Waals surface area contributed by atoms with Crippen molar-refractivity contribution in [1.82, 2.24) is 10.3 Å². The van der Waals surface area contributed by atoms with Gasteiger partial charge in [0.2, 0.25) is 11.8 Å². The first-order valence-electron chi connectivity index (χ1n) is 10.1. The molecule has 1 aliphatic rings. The number of nitrogens with zero attached hydrogens (tertiary/aromatic N) is 1. The Balaban J connectivity index is 1.24. The smallest absolute Gasteiger partial charge is 0.286 e. The van der Waals surface area contributed by atoms with E-state index in [1.165, 1.54) is 0 Å². The normalized spacial score (nSPS) is 15.6. The van der Waals surface area contributed by atoms with Crippen molar-refractivity contribution in [3.8, 4) is 17.2 Å². The molecule has 166 valence electrons. The van der Waals surface area contributed by atoms with Crippen LogP contribution in [0.2, 0.25) is 0 Å². The molecule has 1 saturated heterocycles. The third kappa shape index (κ3) is 5.61. The lowest BCUT2D eigenvalue weighted by Gasteiger charge is -2.08. The minimum Gasteiger partial charge on any atom is -0.508 e. The van der Waals surface area contributed by atoms with Gasteiger partial charge in [-0.15, -0.1) is 0 Å². The number of hydrogen-bond donors (Lipinski definition) is 2. The third-order valence-electron chi connectivity index (χ3n) is 4.86. The van der Waals surface area contributed by atoms with Gasteiger partial charge in [-0.1, -0.05) is 23.9 Å². The Morgan fingerprint density at radius 1 is 1.06 bits per heavy atom. The average molecular weight is 455 g/mol. The lowest BCUT2D eigenvalue weighted by molar-refractivity contribution is -0.118. The molecular formula is C23H22N2O6S. The molecule has 32 heavy (non-hydrogen) atoms. The minimum absolute atomic E-state index is 0.179. The van der Waals surface area contributed by atoms with Crippen molar-refractivity contribution < 1.29 is 28.6 Å². The van der Waals surface area contributed by atoms with E-state index in [1.807, 2.05) is 31.2 Å². The summed E-state index contributed by atoms with van der Waals surface area (Å²) in [6, 6.07) is 13.9. The summed E-state index contributed by atoms with van der Waals surface area (Å²) in [5.74, 6) is 2.46. The lowest BCUT2D eigenvalue weighted by atomic mass is 10.1. The first kappa shape index (κ1) is 21.8. The topological polar surface area (TPSA) is 111 Å². The molecule has 8 nitrogen and oxygen atoms in total. The van der Waals surface area contributed by atoms with Gasteiger partial charge in [0.05, 0.1) is 17.6 Å². The average Bonchev–Trinajstić information content (AvgIpc) is 3.29. The van der Waals surface area contributed by atoms with Gasteiger partial charge in [-0.25, -0.2) is 4.98 Å². The number of phenols is 1. The second kappa shape index (κ2) is 9.78. The Kier molecular flexibility index (Phi) is 6.65. The van der Waals surface area contributed by atoms with Gasteiger partial charge in [0.1, 0.15) is 23.0 Å². The van der Waals surface area contributed by atoms with Gasteiger partial charge in [-0.05, 0) is 55.3 Å². The van der Waals surface area contributed by atoms with Gasteiger partial charge in [0, 0.05) is 6.42 Å². The Bertz CT molecular complexity index is 1090. The number of amides is 2. The van der Waals surface area contributed by atoms with E-state index in [0.717, 1.165) is 28.8 Å². The third-order valence-corrected chi connectivity index (χ3v) is 5.84. The number of aryl methyl sites for hydroxylation is 1. The van der Waals surface area contributed by atoms with Gasteiger partial charge >= 0.3 is 0 Å². The molecule has 0 spiro atoms. The Hall–Kier alpha value is -3.46. The Morgan fingerprint density at radius 3 is 2.44 bits per heavy atom. The lowest BCUT2D eigenvalue weighted by Crippen LogP contribution is -2.25. The predicted molar refractivity (Wildman–Crippen MR) is 118 cm³/mol. The number of ether oxygens (including phenoxy) is 2. The van der Waals surface area contributed by atoms with Crippen molar-refractivity contribution in [3.63, 3.8) is 0 Å². The molecule has 2 heterocycles. The molecule has 1 unspecified atom stereocenters. The summed E-state index contributed by atoms with van der Waals surface area (Å²) in [6.45, 7) is 2.47. The summed E-state index contributed by atoms with van der Waals surface area (Å²) in [5.41, 5.74) is 1.77. The van der Waals surface area contributed by atoms with Crippen molar-refractivity contribution in [1.29, 1.82) is 0 Å². The molecule has 0 saturated carbocycles. The van der Waals surface area contributed by atoms with Crippen LogP contribution < -0.4 is 14.8 Å². The van der Waals surface area contributed by atoms with E-state index in [2.05, 4.69) is 10.3 Å². The van der Waals surface area contributed by atoms with Crippen LogP contribution in [0.5, 0.6) is 17.2 Å². The number of rotatable bonds is 9. The fourth-order valence-corrected chi connectivity index (χ4v) is 4.06. The summed E-state index contributed by atoms with van der Waals surface area (Å²) in [7, 11) is 0. The van der Waals surface area contributed by atoms with E-state index in [-0.39, 0.29) is 28.8 Å². The molecule has 0 radical (unpaired) electrons. The number of aromatic hydroxyl groups is 1. The standard InChI is InChI=1S/C23H22N2O6S/c1-14-19(24-21(31-14)13-30-18-8-4-16(26)5-9-18)10-11-29-17-6-2-15(3-7-17)12-20-22(27)25-23(28)32-20/h2-9,20,26H,10-13H2,1H3,(H,25,27,28). The Morgan fingerprint density at radius 2 is 1.75 bits per heavy atom. The first-order valence-corrected chi connectivity index (χ1v) is 10.9. The van der Waals surface area contributed by atoms with Crippen molar-refractivity contribution in [3.05, 3.63) is 71.4 Å². The van der Waals surface area contributed by atoms with Crippen LogP contribution in [0.4, 0.5) is 4.79 Å². The number of phenolic OH excluding ortho intramolecular Hbond substituents is 1. The molecule has 4 rings (SSSR count). The highest BCUT2D eigenvalue weighted by Gasteiger charge is 2.31. The number of hydrogen-bond acceptors (Lipinski definition) is 8. The number of carbonyl (C=O) groups excluding carboxylic acids is 2. The highest BCUT2D eigenvalue weighted by Crippen LogP contribution is 2.24.